The van der Waals surface area contributed by atoms with Gasteiger partial charge in [-0.15, -0.1) is 0 Å². The van der Waals surface area contributed by atoms with Gasteiger partial charge in [0, 0.05) is 61.8 Å². The van der Waals surface area contributed by atoms with Crippen molar-refractivity contribution < 1.29 is 13.9 Å². The molecule has 1 amide bonds. The van der Waals surface area contributed by atoms with Crippen molar-refractivity contribution in [3.63, 3.8) is 0 Å². The van der Waals surface area contributed by atoms with Crippen LogP contribution in [0.4, 0.5) is 10.2 Å². The molecule has 0 atom stereocenters. The summed E-state index contributed by atoms with van der Waals surface area (Å²) in [5.74, 6) is 0.784. The van der Waals surface area contributed by atoms with Crippen molar-refractivity contribution in [3.05, 3.63) is 60.6 Å². The highest BCUT2D eigenvalue weighted by Crippen LogP contribution is 2.29. The lowest BCUT2D eigenvalue weighted by molar-refractivity contribution is -0.131. The minimum absolute atomic E-state index is 0.0271. The fraction of sp³-hybridized carbons (Fsp3) is 0.292. The Hall–Kier alpha value is -4.08. The second-order valence-electron chi connectivity index (χ2n) is 8.07. The van der Waals surface area contributed by atoms with Crippen LogP contribution in [-0.2, 0) is 11.2 Å². The van der Waals surface area contributed by atoms with Gasteiger partial charge in [-0.05, 0) is 30.7 Å². The number of nitrogens with zero attached hydrogens (tertiary/aromatic N) is 6. The van der Waals surface area contributed by atoms with Crippen molar-refractivity contribution in [2.45, 2.75) is 12.8 Å². The fourth-order valence-electron chi connectivity index (χ4n) is 4.26. The van der Waals surface area contributed by atoms with Crippen LogP contribution in [0.2, 0.25) is 0 Å². The maximum atomic E-state index is 13.5. The van der Waals surface area contributed by atoms with E-state index in [9.17, 15) is 9.18 Å². The number of anilines is 1. The summed E-state index contributed by atoms with van der Waals surface area (Å²) in [7, 11) is 1.49. The van der Waals surface area contributed by atoms with E-state index >= 15 is 0 Å². The number of carbonyl (C=O) groups excluding carboxylic acids is 1. The maximum absolute atomic E-state index is 13.5. The van der Waals surface area contributed by atoms with E-state index < -0.39 is 5.82 Å². The van der Waals surface area contributed by atoms with Crippen LogP contribution >= 0.6 is 0 Å². The molecule has 10 heteroatoms. The standard InChI is InChI=1S/C24H24FN7O2/c1-34-24-16(11-18(25)14-27-24)4-5-21(33)31-7-9-32(10-8-31)23-19-12-20(17-3-2-6-26-13-17)30-22(19)28-15-29-23/h2-3,6,11-15H,4-5,7-10H2,1H3,(H,28,29,30). The first-order chi connectivity index (χ1) is 16.6. The summed E-state index contributed by atoms with van der Waals surface area (Å²) < 4.78 is 18.7. The molecule has 0 saturated carbocycles. The van der Waals surface area contributed by atoms with E-state index in [0.29, 0.717) is 44.0 Å². The molecular formula is C24H24FN7O2. The first kappa shape index (κ1) is 21.7. The number of H-pyrrole nitrogens is 1. The van der Waals surface area contributed by atoms with Crippen LogP contribution in [-0.4, -0.2) is 69.0 Å². The molecule has 1 aliphatic rings. The van der Waals surface area contributed by atoms with Crippen LogP contribution in [0.3, 0.4) is 0 Å². The molecule has 0 radical (unpaired) electrons. The van der Waals surface area contributed by atoms with Crippen molar-refractivity contribution >= 4 is 22.8 Å². The number of methoxy groups -OCH3 is 1. The average molecular weight is 462 g/mol. The summed E-state index contributed by atoms with van der Waals surface area (Å²) in [6.45, 7) is 2.50. The number of fused-ring (bicyclic) bond motifs is 1. The molecule has 0 bridgehead atoms. The Bertz CT molecular complexity index is 1300. The summed E-state index contributed by atoms with van der Waals surface area (Å²) in [5.41, 5.74) is 3.27. The fourth-order valence-corrected chi connectivity index (χ4v) is 4.26. The third-order valence-corrected chi connectivity index (χ3v) is 6.00. The molecule has 0 aliphatic carbocycles. The van der Waals surface area contributed by atoms with Gasteiger partial charge < -0.3 is 19.5 Å². The molecule has 0 aromatic carbocycles. The summed E-state index contributed by atoms with van der Waals surface area (Å²) in [5, 5.41) is 0.937. The van der Waals surface area contributed by atoms with E-state index in [0.717, 1.165) is 34.3 Å². The van der Waals surface area contributed by atoms with E-state index in [2.05, 4.69) is 29.8 Å². The van der Waals surface area contributed by atoms with Gasteiger partial charge in [0.15, 0.2) is 0 Å². The third-order valence-electron chi connectivity index (χ3n) is 6.00. The number of amides is 1. The normalized spacial score (nSPS) is 13.9. The smallest absolute Gasteiger partial charge is 0.223 e. The van der Waals surface area contributed by atoms with E-state index in [1.165, 1.54) is 13.2 Å². The molecule has 0 spiro atoms. The number of nitrogens with one attached hydrogen (secondary N) is 1. The van der Waals surface area contributed by atoms with Gasteiger partial charge >= 0.3 is 0 Å². The Morgan fingerprint density at radius 3 is 2.76 bits per heavy atom. The van der Waals surface area contributed by atoms with E-state index in [4.69, 9.17) is 4.74 Å². The van der Waals surface area contributed by atoms with Gasteiger partial charge in [0.2, 0.25) is 11.8 Å². The van der Waals surface area contributed by atoms with Crippen LogP contribution in [0.1, 0.15) is 12.0 Å². The lowest BCUT2D eigenvalue weighted by atomic mass is 10.1. The number of pyridine rings is 2. The Balaban J connectivity index is 1.24. The summed E-state index contributed by atoms with van der Waals surface area (Å²) in [6.07, 6.45) is 6.85. The highest BCUT2D eigenvalue weighted by molar-refractivity contribution is 5.92. The van der Waals surface area contributed by atoms with Crippen LogP contribution < -0.4 is 9.64 Å². The molecule has 5 rings (SSSR count). The van der Waals surface area contributed by atoms with Gasteiger partial charge in [-0.3, -0.25) is 9.78 Å². The molecule has 0 unspecified atom stereocenters. The Labute approximate surface area is 195 Å². The van der Waals surface area contributed by atoms with Crippen molar-refractivity contribution in [2.24, 2.45) is 0 Å². The summed E-state index contributed by atoms with van der Waals surface area (Å²) >= 11 is 0. The average Bonchev–Trinajstić information content (AvgIpc) is 3.33. The number of aryl methyl sites for hydroxylation is 1. The van der Waals surface area contributed by atoms with Crippen molar-refractivity contribution in [1.82, 2.24) is 29.8 Å². The third kappa shape index (κ3) is 4.39. The molecule has 4 aromatic rings. The number of rotatable bonds is 6. The van der Waals surface area contributed by atoms with Gasteiger partial charge in [0.05, 0.1) is 18.7 Å². The predicted octanol–water partition coefficient (Wildman–Crippen LogP) is 2.84. The lowest BCUT2D eigenvalue weighted by Gasteiger charge is -2.35. The number of hydrogen-bond donors (Lipinski definition) is 1. The van der Waals surface area contributed by atoms with Gasteiger partial charge in [-0.2, -0.15) is 0 Å². The number of carbonyl (C=O) groups is 1. The second-order valence-corrected chi connectivity index (χ2v) is 8.07. The van der Waals surface area contributed by atoms with Crippen molar-refractivity contribution in [2.75, 3.05) is 38.2 Å². The topological polar surface area (TPSA) is 100 Å². The predicted molar refractivity (Wildman–Crippen MR) is 125 cm³/mol. The van der Waals surface area contributed by atoms with Gasteiger partial charge in [-0.25, -0.2) is 19.3 Å². The highest BCUT2D eigenvalue weighted by Gasteiger charge is 2.24. The molecule has 1 N–H and O–H groups in total. The van der Waals surface area contributed by atoms with Crippen LogP contribution in [0.5, 0.6) is 5.88 Å². The molecule has 4 aromatic heterocycles. The van der Waals surface area contributed by atoms with Crippen molar-refractivity contribution in [3.8, 4) is 17.1 Å². The van der Waals surface area contributed by atoms with Crippen molar-refractivity contribution in [1.29, 1.82) is 0 Å². The van der Waals surface area contributed by atoms with Crippen LogP contribution in [0.15, 0.2) is 49.2 Å². The number of aromatic nitrogens is 5. The molecular weight excluding hydrogens is 437 g/mol. The Morgan fingerprint density at radius 2 is 2.00 bits per heavy atom. The lowest BCUT2D eigenvalue weighted by Crippen LogP contribution is -2.49. The molecule has 1 saturated heterocycles. The zero-order valence-corrected chi connectivity index (χ0v) is 18.7. The number of ether oxygens (including phenoxy) is 1. The number of hydrogen-bond acceptors (Lipinski definition) is 7. The Morgan fingerprint density at radius 1 is 1.15 bits per heavy atom. The highest BCUT2D eigenvalue weighted by atomic mass is 19.1. The van der Waals surface area contributed by atoms with Gasteiger partial charge in [-0.1, -0.05) is 0 Å². The number of aromatic amines is 1. The maximum Gasteiger partial charge on any atom is 0.223 e. The van der Waals surface area contributed by atoms with Gasteiger partial charge in [0.25, 0.3) is 0 Å². The molecule has 34 heavy (non-hydrogen) atoms. The first-order valence-electron chi connectivity index (χ1n) is 11.1. The second kappa shape index (κ2) is 9.42. The number of piperazine rings is 1. The number of halogens is 1. The minimum Gasteiger partial charge on any atom is -0.481 e. The summed E-state index contributed by atoms with van der Waals surface area (Å²) in [4.78, 5) is 37.2. The molecule has 1 aliphatic heterocycles. The first-order valence-corrected chi connectivity index (χ1v) is 11.1. The van der Waals surface area contributed by atoms with Crippen LogP contribution in [0, 0.1) is 5.82 Å². The molecule has 9 nitrogen and oxygen atoms in total. The van der Waals surface area contributed by atoms with E-state index in [-0.39, 0.29) is 12.3 Å². The van der Waals surface area contributed by atoms with E-state index in [1.54, 1.807) is 18.7 Å². The van der Waals surface area contributed by atoms with Gasteiger partial charge in [0.1, 0.15) is 23.6 Å². The molecule has 1 fully saturated rings. The molecule has 5 heterocycles. The minimum atomic E-state index is -0.440. The van der Waals surface area contributed by atoms with E-state index in [1.807, 2.05) is 23.1 Å². The Kier molecular flexibility index (Phi) is 6.03. The zero-order chi connectivity index (χ0) is 23.5. The van der Waals surface area contributed by atoms with Crippen LogP contribution in [0.25, 0.3) is 22.3 Å². The largest absolute Gasteiger partial charge is 0.481 e. The SMILES string of the molecule is COc1ncc(F)cc1CCC(=O)N1CCN(c2ncnc3[nH]c(-c4cccnc4)cc23)CC1. The monoisotopic (exact) mass is 461 g/mol. The molecule has 174 valence electrons. The zero-order valence-electron chi connectivity index (χ0n) is 18.7. The quantitative estimate of drug-likeness (QED) is 0.471. The summed E-state index contributed by atoms with van der Waals surface area (Å²) in [6, 6.07) is 7.29.